The van der Waals surface area contributed by atoms with Crippen LogP contribution in [-0.2, 0) is 5.60 Å². The Morgan fingerprint density at radius 2 is 1.67 bits per heavy atom. The summed E-state index contributed by atoms with van der Waals surface area (Å²) in [5.74, 6) is -1.14. The molecule has 3 rings (SSSR count). The van der Waals surface area contributed by atoms with Gasteiger partial charge in [-0.1, -0.05) is 36.4 Å². The molecule has 1 saturated carbocycles. The van der Waals surface area contributed by atoms with E-state index in [1.54, 1.807) is 0 Å². The molecule has 1 amide bonds. The third-order valence-corrected chi connectivity index (χ3v) is 4.72. The summed E-state index contributed by atoms with van der Waals surface area (Å²) in [6, 6.07) is 13.8. The van der Waals surface area contributed by atoms with Crippen LogP contribution in [-0.4, -0.2) is 27.3 Å². The van der Waals surface area contributed by atoms with E-state index in [1.165, 1.54) is 18.2 Å². The molecule has 0 aromatic heterocycles. The highest BCUT2D eigenvalue weighted by molar-refractivity contribution is 5.97. The number of aliphatic hydroxyl groups is 1. The van der Waals surface area contributed by atoms with Crippen molar-refractivity contribution in [2.24, 2.45) is 0 Å². The smallest absolute Gasteiger partial charge is 0.255 e. The van der Waals surface area contributed by atoms with Gasteiger partial charge in [0.15, 0.2) is 11.5 Å². The molecule has 126 valence electrons. The van der Waals surface area contributed by atoms with Crippen LogP contribution < -0.4 is 5.32 Å². The molecule has 0 saturated heterocycles. The molecular weight excluding hydrogens is 306 g/mol. The lowest BCUT2D eigenvalue weighted by atomic mass is 9.77. The molecule has 1 fully saturated rings. The lowest BCUT2D eigenvalue weighted by Crippen LogP contribution is -2.42. The fourth-order valence-electron chi connectivity index (χ4n) is 3.25. The Balaban J connectivity index is 1.63. The lowest BCUT2D eigenvalue weighted by Gasteiger charge is -2.36. The maximum atomic E-state index is 12.3. The van der Waals surface area contributed by atoms with E-state index in [1.807, 2.05) is 30.3 Å². The molecule has 1 aliphatic rings. The highest BCUT2D eigenvalue weighted by atomic mass is 16.3. The maximum Gasteiger partial charge on any atom is 0.255 e. The number of nitrogens with one attached hydrogen (secondary N) is 1. The Morgan fingerprint density at radius 1 is 1.00 bits per heavy atom. The Bertz CT molecular complexity index is 721. The summed E-state index contributed by atoms with van der Waals surface area (Å²) in [6.45, 7) is 0. The minimum atomic E-state index is -0.852. The Kier molecular flexibility index (Phi) is 4.44. The van der Waals surface area contributed by atoms with Crippen LogP contribution in [0.2, 0.25) is 0 Å². The first-order valence-electron chi connectivity index (χ1n) is 8.09. The van der Waals surface area contributed by atoms with Crippen LogP contribution in [0.5, 0.6) is 11.5 Å². The molecule has 4 N–H and O–H groups in total. The largest absolute Gasteiger partial charge is 0.504 e. The Morgan fingerprint density at radius 3 is 2.33 bits per heavy atom. The van der Waals surface area contributed by atoms with E-state index in [4.69, 9.17) is 0 Å². The van der Waals surface area contributed by atoms with E-state index in [9.17, 15) is 20.1 Å². The molecule has 0 unspecified atom stereocenters. The first-order chi connectivity index (χ1) is 11.5. The van der Waals surface area contributed by atoms with Crippen LogP contribution >= 0.6 is 0 Å². The van der Waals surface area contributed by atoms with E-state index in [-0.39, 0.29) is 17.4 Å². The van der Waals surface area contributed by atoms with Gasteiger partial charge in [-0.05, 0) is 43.4 Å². The second-order valence-electron chi connectivity index (χ2n) is 6.32. The molecule has 1 aliphatic carbocycles. The van der Waals surface area contributed by atoms with Crippen molar-refractivity contribution in [3.8, 4) is 11.5 Å². The van der Waals surface area contributed by atoms with Crippen molar-refractivity contribution in [1.82, 2.24) is 5.32 Å². The number of carbonyl (C=O) groups is 1. The maximum absolute atomic E-state index is 12.3. The number of amides is 1. The molecular formula is C19H21NO4. The fraction of sp³-hybridized carbons (Fsp3) is 0.316. The summed E-state index contributed by atoms with van der Waals surface area (Å²) < 4.78 is 0. The number of rotatable bonds is 3. The number of aromatic hydroxyl groups is 2. The molecule has 24 heavy (non-hydrogen) atoms. The third-order valence-electron chi connectivity index (χ3n) is 4.72. The standard InChI is InChI=1S/C19H21NO4/c21-16-8-4-7-15(17(16)22)18(23)20-14-9-11-19(24,12-10-14)13-5-2-1-3-6-13/h1-8,14,21-22,24H,9-12H2,(H,20,23). The number of phenols is 2. The van der Waals surface area contributed by atoms with E-state index in [0.717, 1.165) is 5.56 Å². The summed E-state index contributed by atoms with van der Waals surface area (Å²) in [5, 5.41) is 32.9. The van der Waals surface area contributed by atoms with Gasteiger partial charge in [0.25, 0.3) is 5.91 Å². The first kappa shape index (κ1) is 16.3. The molecule has 5 heteroatoms. The van der Waals surface area contributed by atoms with Crippen molar-refractivity contribution >= 4 is 5.91 Å². The van der Waals surface area contributed by atoms with Gasteiger partial charge < -0.3 is 20.6 Å². The fourth-order valence-corrected chi connectivity index (χ4v) is 3.25. The van der Waals surface area contributed by atoms with Crippen molar-refractivity contribution < 1.29 is 20.1 Å². The quantitative estimate of drug-likeness (QED) is 0.653. The highest BCUT2D eigenvalue weighted by Gasteiger charge is 2.35. The Labute approximate surface area is 140 Å². The summed E-state index contributed by atoms with van der Waals surface area (Å²) >= 11 is 0. The monoisotopic (exact) mass is 327 g/mol. The SMILES string of the molecule is O=C(NC1CCC(O)(c2ccccc2)CC1)c1cccc(O)c1O. The zero-order valence-corrected chi connectivity index (χ0v) is 13.3. The lowest BCUT2D eigenvalue weighted by molar-refractivity contribution is -0.00804. The van der Waals surface area contributed by atoms with Crippen molar-refractivity contribution in [3.63, 3.8) is 0 Å². The van der Waals surface area contributed by atoms with Gasteiger partial charge >= 0.3 is 0 Å². The minimum Gasteiger partial charge on any atom is -0.504 e. The van der Waals surface area contributed by atoms with Crippen LogP contribution in [0.15, 0.2) is 48.5 Å². The summed E-state index contributed by atoms with van der Waals surface area (Å²) in [4.78, 5) is 12.3. The van der Waals surface area contributed by atoms with Crippen LogP contribution in [0.1, 0.15) is 41.6 Å². The van der Waals surface area contributed by atoms with E-state index < -0.39 is 17.3 Å². The average Bonchev–Trinajstić information content (AvgIpc) is 2.60. The second-order valence-corrected chi connectivity index (χ2v) is 6.32. The molecule has 0 radical (unpaired) electrons. The van der Waals surface area contributed by atoms with E-state index in [2.05, 4.69) is 5.32 Å². The summed E-state index contributed by atoms with van der Waals surface area (Å²) in [7, 11) is 0. The van der Waals surface area contributed by atoms with Crippen LogP contribution in [0, 0.1) is 0 Å². The van der Waals surface area contributed by atoms with Gasteiger partial charge in [0.1, 0.15) is 0 Å². The zero-order valence-electron chi connectivity index (χ0n) is 13.3. The van der Waals surface area contributed by atoms with Gasteiger partial charge in [-0.3, -0.25) is 4.79 Å². The van der Waals surface area contributed by atoms with Gasteiger partial charge in [-0.25, -0.2) is 0 Å². The predicted octanol–water partition coefficient (Wildman–Crippen LogP) is 2.66. The predicted molar refractivity (Wildman–Crippen MR) is 89.8 cm³/mol. The molecule has 0 bridgehead atoms. The van der Waals surface area contributed by atoms with Crippen LogP contribution in [0.4, 0.5) is 0 Å². The minimum absolute atomic E-state index is 0.0545. The number of hydrogen-bond acceptors (Lipinski definition) is 4. The van der Waals surface area contributed by atoms with Gasteiger partial charge in [0.05, 0.1) is 11.2 Å². The van der Waals surface area contributed by atoms with Crippen molar-refractivity contribution in [2.75, 3.05) is 0 Å². The van der Waals surface area contributed by atoms with Gasteiger partial charge in [0.2, 0.25) is 0 Å². The molecule has 2 aromatic carbocycles. The van der Waals surface area contributed by atoms with Crippen molar-refractivity contribution in [2.45, 2.75) is 37.3 Å². The molecule has 0 spiro atoms. The number of phenolic OH excluding ortho intramolecular Hbond substituents is 2. The van der Waals surface area contributed by atoms with Gasteiger partial charge in [-0.15, -0.1) is 0 Å². The normalized spacial score (nSPS) is 23.6. The first-order valence-corrected chi connectivity index (χ1v) is 8.09. The van der Waals surface area contributed by atoms with Gasteiger partial charge in [0, 0.05) is 6.04 Å². The molecule has 2 aromatic rings. The summed E-state index contributed by atoms with van der Waals surface area (Å²) in [6.07, 6.45) is 2.43. The van der Waals surface area contributed by atoms with Crippen LogP contribution in [0.25, 0.3) is 0 Å². The van der Waals surface area contributed by atoms with Crippen molar-refractivity contribution in [3.05, 3.63) is 59.7 Å². The topological polar surface area (TPSA) is 89.8 Å². The van der Waals surface area contributed by atoms with Gasteiger partial charge in [-0.2, -0.15) is 0 Å². The number of hydrogen-bond donors (Lipinski definition) is 4. The third kappa shape index (κ3) is 3.21. The van der Waals surface area contributed by atoms with Crippen molar-refractivity contribution in [1.29, 1.82) is 0 Å². The van der Waals surface area contributed by atoms with E-state index >= 15 is 0 Å². The Hall–Kier alpha value is -2.53. The second kappa shape index (κ2) is 6.53. The zero-order chi connectivity index (χ0) is 17.2. The van der Waals surface area contributed by atoms with Crippen LogP contribution in [0.3, 0.4) is 0 Å². The average molecular weight is 327 g/mol. The molecule has 0 heterocycles. The van der Waals surface area contributed by atoms with E-state index in [0.29, 0.717) is 25.7 Å². The highest BCUT2D eigenvalue weighted by Crippen LogP contribution is 2.37. The molecule has 5 nitrogen and oxygen atoms in total. The number of para-hydroxylation sites is 1. The number of benzene rings is 2. The summed E-state index contributed by atoms with van der Waals surface area (Å²) in [5.41, 5.74) is 0.106. The molecule has 0 aliphatic heterocycles. The number of carbonyl (C=O) groups excluding carboxylic acids is 1. The molecule has 0 atom stereocenters.